The summed E-state index contributed by atoms with van der Waals surface area (Å²) in [5, 5.41) is 17.3. The fourth-order valence-electron chi connectivity index (χ4n) is 2.38. The Kier molecular flexibility index (Phi) is 4.32. The number of rotatable bonds is 3. The maximum absolute atomic E-state index is 12.0. The number of aromatic nitrogens is 3. The normalized spacial score (nSPS) is 11.9. The van der Waals surface area contributed by atoms with Gasteiger partial charge in [-0.05, 0) is 31.5 Å². The third kappa shape index (κ3) is 2.88. The van der Waals surface area contributed by atoms with Crippen LogP contribution in [0.1, 0.15) is 18.1 Å². The topological polar surface area (TPSA) is 83.6 Å². The summed E-state index contributed by atoms with van der Waals surface area (Å²) in [5.41, 5.74) is 2.15. The van der Waals surface area contributed by atoms with Crippen molar-refractivity contribution >= 4 is 38.6 Å². The van der Waals surface area contributed by atoms with E-state index in [1.54, 1.807) is 6.92 Å². The largest absolute Gasteiger partial charge is 0.308 e. The second-order valence-corrected chi connectivity index (χ2v) is 6.72. The lowest BCUT2D eigenvalue weighted by molar-refractivity contribution is -0.115. The van der Waals surface area contributed by atoms with Crippen LogP contribution in [0.4, 0.5) is 5.82 Å². The first-order valence-corrected chi connectivity index (χ1v) is 8.22. The lowest BCUT2D eigenvalue weighted by Crippen LogP contribution is -2.22. The molecule has 24 heavy (non-hydrogen) atoms. The summed E-state index contributed by atoms with van der Waals surface area (Å²) in [4.78, 5) is 16.2. The molecule has 3 rings (SSSR count). The number of anilines is 1. The van der Waals surface area contributed by atoms with Crippen LogP contribution in [0.5, 0.6) is 0 Å². The highest BCUT2D eigenvalue weighted by molar-refractivity contribution is 9.10. The Bertz CT molecular complexity index is 971. The molecule has 3 aromatic rings. The molecule has 1 atom stereocenters. The monoisotopic (exact) mass is 383 g/mol. The van der Waals surface area contributed by atoms with E-state index < -0.39 is 4.83 Å². The van der Waals surface area contributed by atoms with Gasteiger partial charge in [-0.3, -0.25) is 4.79 Å². The highest BCUT2D eigenvalue weighted by Gasteiger charge is 2.18. The van der Waals surface area contributed by atoms with E-state index in [2.05, 4.69) is 31.3 Å². The highest BCUT2D eigenvalue weighted by atomic mass is 79.9. The molecule has 1 aromatic carbocycles. The Morgan fingerprint density at radius 3 is 2.88 bits per heavy atom. The van der Waals surface area contributed by atoms with E-state index in [4.69, 9.17) is 0 Å². The lowest BCUT2D eigenvalue weighted by atomic mass is 10.1. The fraction of sp³-hybridized carbons (Fsp3) is 0.176. The molecule has 0 aliphatic rings. The SMILES string of the molecule is Cc1cc(-n2ncc(C#N)c2NC(=O)C(C)Br)nc2ccccc12. The molecular weight excluding hydrogens is 370 g/mol. The van der Waals surface area contributed by atoms with Crippen LogP contribution < -0.4 is 5.32 Å². The Labute approximate surface area is 147 Å². The second-order valence-electron chi connectivity index (χ2n) is 5.35. The van der Waals surface area contributed by atoms with Gasteiger partial charge in [0, 0.05) is 5.39 Å². The van der Waals surface area contributed by atoms with Crippen LogP contribution in [0.3, 0.4) is 0 Å². The minimum absolute atomic E-state index is 0.259. The van der Waals surface area contributed by atoms with Gasteiger partial charge in [-0.15, -0.1) is 0 Å². The lowest BCUT2D eigenvalue weighted by Gasteiger charge is -2.11. The molecule has 0 radical (unpaired) electrons. The number of benzene rings is 1. The number of nitriles is 1. The van der Waals surface area contributed by atoms with Crippen LogP contribution in [-0.4, -0.2) is 25.5 Å². The first kappa shape index (κ1) is 16.1. The molecule has 1 N–H and O–H groups in total. The molecule has 0 spiro atoms. The van der Waals surface area contributed by atoms with Gasteiger partial charge in [0.25, 0.3) is 0 Å². The predicted octanol–water partition coefficient (Wildman–Crippen LogP) is 3.32. The van der Waals surface area contributed by atoms with E-state index >= 15 is 0 Å². The van der Waals surface area contributed by atoms with Crippen molar-refractivity contribution in [1.82, 2.24) is 14.8 Å². The summed E-state index contributed by atoms with van der Waals surface area (Å²) < 4.78 is 1.48. The molecule has 120 valence electrons. The third-order valence-electron chi connectivity index (χ3n) is 3.62. The number of hydrogen-bond donors (Lipinski definition) is 1. The average Bonchev–Trinajstić information content (AvgIpc) is 2.97. The van der Waals surface area contributed by atoms with Gasteiger partial charge in [-0.2, -0.15) is 15.0 Å². The minimum atomic E-state index is -0.390. The second kappa shape index (κ2) is 6.42. The Morgan fingerprint density at radius 2 is 2.17 bits per heavy atom. The smallest absolute Gasteiger partial charge is 0.239 e. The summed E-state index contributed by atoms with van der Waals surface area (Å²) in [6, 6.07) is 11.7. The van der Waals surface area contributed by atoms with E-state index in [0.29, 0.717) is 11.6 Å². The third-order valence-corrected chi connectivity index (χ3v) is 4.03. The van der Waals surface area contributed by atoms with Gasteiger partial charge in [0.15, 0.2) is 11.6 Å². The van der Waals surface area contributed by atoms with Gasteiger partial charge in [-0.25, -0.2) is 4.98 Å². The highest BCUT2D eigenvalue weighted by Crippen LogP contribution is 2.23. The van der Waals surface area contributed by atoms with Crippen molar-refractivity contribution in [1.29, 1.82) is 5.26 Å². The van der Waals surface area contributed by atoms with E-state index in [1.807, 2.05) is 43.3 Å². The van der Waals surface area contributed by atoms with Crippen LogP contribution in [-0.2, 0) is 4.79 Å². The number of nitrogens with zero attached hydrogens (tertiary/aromatic N) is 4. The first-order chi connectivity index (χ1) is 11.5. The van der Waals surface area contributed by atoms with Gasteiger partial charge in [0.2, 0.25) is 5.91 Å². The Morgan fingerprint density at radius 1 is 1.42 bits per heavy atom. The maximum Gasteiger partial charge on any atom is 0.239 e. The molecular formula is C17H14BrN5O. The maximum atomic E-state index is 12.0. The summed E-state index contributed by atoms with van der Waals surface area (Å²) in [5.74, 6) is 0.604. The zero-order chi connectivity index (χ0) is 17.3. The molecule has 1 amide bonds. The van der Waals surface area contributed by atoms with Crippen LogP contribution in [0.2, 0.25) is 0 Å². The molecule has 0 aliphatic heterocycles. The van der Waals surface area contributed by atoms with Crippen molar-refractivity contribution in [3.05, 3.63) is 47.7 Å². The molecule has 0 aliphatic carbocycles. The summed E-state index contributed by atoms with van der Waals surface area (Å²) in [7, 11) is 0. The van der Waals surface area contributed by atoms with Crippen molar-refractivity contribution in [2.75, 3.05) is 5.32 Å². The van der Waals surface area contributed by atoms with Gasteiger partial charge in [0.1, 0.15) is 11.6 Å². The predicted molar refractivity (Wildman–Crippen MR) is 95.3 cm³/mol. The van der Waals surface area contributed by atoms with E-state index in [9.17, 15) is 10.1 Å². The Hall–Kier alpha value is -2.72. The van der Waals surface area contributed by atoms with Crippen molar-refractivity contribution in [2.24, 2.45) is 0 Å². The molecule has 0 bridgehead atoms. The number of carbonyl (C=O) groups is 1. The van der Waals surface area contributed by atoms with Crippen molar-refractivity contribution in [3.63, 3.8) is 0 Å². The van der Waals surface area contributed by atoms with E-state index in [0.717, 1.165) is 16.5 Å². The van der Waals surface area contributed by atoms with Gasteiger partial charge >= 0.3 is 0 Å². The molecule has 0 saturated heterocycles. The van der Waals surface area contributed by atoms with E-state index in [-0.39, 0.29) is 11.5 Å². The summed E-state index contributed by atoms with van der Waals surface area (Å²) in [6.45, 7) is 3.70. The average molecular weight is 384 g/mol. The van der Waals surface area contributed by atoms with Crippen molar-refractivity contribution in [3.8, 4) is 11.9 Å². The number of alkyl halides is 1. The number of aryl methyl sites for hydroxylation is 1. The zero-order valence-corrected chi connectivity index (χ0v) is 14.7. The number of para-hydroxylation sites is 1. The molecule has 0 saturated carbocycles. The molecule has 7 heteroatoms. The quantitative estimate of drug-likeness (QED) is 0.703. The molecule has 0 fully saturated rings. The first-order valence-electron chi connectivity index (χ1n) is 7.31. The minimum Gasteiger partial charge on any atom is -0.308 e. The standard InChI is InChI=1S/C17H14BrN5O/c1-10-7-15(21-14-6-4-3-5-13(10)14)23-16(12(8-19)9-20-23)22-17(24)11(2)18/h3-7,9,11H,1-2H3,(H,22,24). The van der Waals surface area contributed by atoms with Gasteiger partial charge in [-0.1, -0.05) is 34.1 Å². The fourth-order valence-corrected chi connectivity index (χ4v) is 2.50. The number of amides is 1. The number of halogens is 1. The molecule has 2 aromatic heterocycles. The van der Waals surface area contributed by atoms with Gasteiger partial charge < -0.3 is 5.32 Å². The summed E-state index contributed by atoms with van der Waals surface area (Å²) in [6.07, 6.45) is 1.42. The molecule has 2 heterocycles. The Balaban J connectivity index is 2.15. The van der Waals surface area contributed by atoms with Crippen LogP contribution in [0, 0.1) is 18.3 Å². The van der Waals surface area contributed by atoms with Crippen LogP contribution in [0.25, 0.3) is 16.7 Å². The number of fused-ring (bicyclic) bond motifs is 1. The van der Waals surface area contributed by atoms with Crippen LogP contribution in [0.15, 0.2) is 36.5 Å². The molecule has 6 nitrogen and oxygen atoms in total. The summed E-state index contributed by atoms with van der Waals surface area (Å²) >= 11 is 3.22. The van der Waals surface area contributed by atoms with Crippen molar-refractivity contribution in [2.45, 2.75) is 18.7 Å². The zero-order valence-electron chi connectivity index (χ0n) is 13.1. The number of carbonyl (C=O) groups excluding carboxylic acids is 1. The number of nitrogens with one attached hydrogen (secondary N) is 1. The molecule has 1 unspecified atom stereocenters. The van der Waals surface area contributed by atoms with Gasteiger partial charge in [0.05, 0.1) is 16.5 Å². The number of hydrogen-bond acceptors (Lipinski definition) is 4. The van der Waals surface area contributed by atoms with Crippen molar-refractivity contribution < 1.29 is 4.79 Å². The van der Waals surface area contributed by atoms with E-state index in [1.165, 1.54) is 10.9 Å². The number of pyridine rings is 1. The van der Waals surface area contributed by atoms with Crippen LogP contribution >= 0.6 is 15.9 Å².